The Morgan fingerprint density at radius 2 is 1.81 bits per heavy atom. The lowest BCUT2D eigenvalue weighted by atomic mass is 10.1. The van der Waals surface area contributed by atoms with Gasteiger partial charge in [-0.05, 0) is 43.0 Å². The first kappa shape index (κ1) is 22.6. The first-order chi connectivity index (χ1) is 11.6. The summed E-state index contributed by atoms with van der Waals surface area (Å²) in [6.07, 6.45) is 2.51. The quantitative estimate of drug-likeness (QED) is 0.652. The molecule has 2 atom stereocenters. The molecule has 1 aliphatic carbocycles. The van der Waals surface area contributed by atoms with Crippen LogP contribution in [-0.2, 0) is 11.3 Å². The molecule has 0 spiro atoms. The zero-order chi connectivity index (χ0) is 16.9. The van der Waals surface area contributed by atoms with Gasteiger partial charge in [-0.3, -0.25) is 4.79 Å². The monoisotopic (exact) mass is 415 g/mol. The lowest BCUT2D eigenvalue weighted by Gasteiger charge is -2.16. The van der Waals surface area contributed by atoms with Gasteiger partial charge in [0, 0.05) is 23.5 Å². The van der Waals surface area contributed by atoms with E-state index in [4.69, 9.17) is 17.3 Å². The van der Waals surface area contributed by atoms with Crippen molar-refractivity contribution >= 4 is 53.7 Å². The third-order valence-electron chi connectivity index (χ3n) is 4.41. The Kier molecular flexibility index (Phi) is 9.23. The van der Waals surface area contributed by atoms with Crippen LogP contribution in [-0.4, -0.2) is 11.9 Å². The van der Waals surface area contributed by atoms with Crippen LogP contribution >= 0.6 is 36.4 Å². The lowest BCUT2D eigenvalue weighted by molar-refractivity contribution is -0.119. The molecule has 0 aliphatic heterocycles. The summed E-state index contributed by atoms with van der Waals surface area (Å²) in [5, 5.41) is 6.97. The second-order valence-electron chi connectivity index (χ2n) is 6.29. The molecular formula is C19H24Cl3N3O. The van der Waals surface area contributed by atoms with Gasteiger partial charge in [-0.2, -0.15) is 0 Å². The number of amides is 1. The highest BCUT2D eigenvalue weighted by atomic mass is 35.5. The van der Waals surface area contributed by atoms with E-state index in [1.54, 1.807) is 6.07 Å². The Morgan fingerprint density at radius 3 is 2.46 bits per heavy atom. The molecule has 0 heterocycles. The van der Waals surface area contributed by atoms with Crippen LogP contribution in [0.1, 0.15) is 24.8 Å². The number of rotatable bonds is 5. The van der Waals surface area contributed by atoms with Gasteiger partial charge in [0.2, 0.25) is 5.91 Å². The molecule has 26 heavy (non-hydrogen) atoms. The predicted octanol–water partition coefficient (Wildman–Crippen LogP) is 4.86. The number of nitrogens with two attached hydrogens (primary N) is 1. The molecule has 1 amide bonds. The molecule has 1 aliphatic rings. The molecule has 0 aromatic heterocycles. The average molecular weight is 417 g/mol. The molecule has 2 aromatic rings. The molecule has 1 saturated carbocycles. The normalized spacial score (nSPS) is 18.4. The molecule has 1 fully saturated rings. The van der Waals surface area contributed by atoms with E-state index in [0.717, 1.165) is 24.9 Å². The smallest absolute Gasteiger partial charge is 0.227 e. The van der Waals surface area contributed by atoms with Crippen molar-refractivity contribution in [3.8, 4) is 0 Å². The van der Waals surface area contributed by atoms with Crippen molar-refractivity contribution in [3.05, 3.63) is 59.1 Å². The summed E-state index contributed by atoms with van der Waals surface area (Å²) in [7, 11) is 0. The van der Waals surface area contributed by atoms with Crippen molar-refractivity contribution < 1.29 is 4.79 Å². The number of hydrogen-bond acceptors (Lipinski definition) is 3. The SMILES string of the molecule is Cl.Cl.NC1CCC(C(=O)Nc2cc(Cl)ccc2NCc2ccccc2)C1. The van der Waals surface area contributed by atoms with Crippen molar-refractivity contribution in [2.75, 3.05) is 10.6 Å². The number of hydrogen-bond donors (Lipinski definition) is 3. The zero-order valence-electron chi connectivity index (χ0n) is 14.3. The van der Waals surface area contributed by atoms with Gasteiger partial charge >= 0.3 is 0 Å². The first-order valence-electron chi connectivity index (χ1n) is 8.25. The van der Waals surface area contributed by atoms with E-state index in [1.807, 2.05) is 30.3 Å². The van der Waals surface area contributed by atoms with Crippen LogP contribution in [0.2, 0.25) is 5.02 Å². The second-order valence-corrected chi connectivity index (χ2v) is 6.72. The van der Waals surface area contributed by atoms with Gasteiger partial charge in [0.25, 0.3) is 0 Å². The van der Waals surface area contributed by atoms with Gasteiger partial charge in [0.15, 0.2) is 0 Å². The molecule has 4 N–H and O–H groups in total. The predicted molar refractivity (Wildman–Crippen MR) is 114 cm³/mol. The van der Waals surface area contributed by atoms with E-state index in [1.165, 1.54) is 5.56 Å². The van der Waals surface area contributed by atoms with Gasteiger partial charge in [-0.1, -0.05) is 41.9 Å². The van der Waals surface area contributed by atoms with Crippen LogP contribution in [0.15, 0.2) is 48.5 Å². The van der Waals surface area contributed by atoms with Gasteiger partial charge < -0.3 is 16.4 Å². The van der Waals surface area contributed by atoms with Crippen LogP contribution in [0.25, 0.3) is 0 Å². The second kappa shape index (κ2) is 10.6. The molecule has 2 unspecified atom stereocenters. The third kappa shape index (κ3) is 6.06. The Bertz CT molecular complexity index is 712. The largest absolute Gasteiger partial charge is 0.379 e. The van der Waals surface area contributed by atoms with Crippen LogP contribution < -0.4 is 16.4 Å². The molecule has 0 radical (unpaired) electrons. The van der Waals surface area contributed by atoms with E-state index in [-0.39, 0.29) is 42.7 Å². The topological polar surface area (TPSA) is 67.2 Å². The Morgan fingerprint density at radius 1 is 1.08 bits per heavy atom. The molecule has 3 rings (SSSR count). The highest BCUT2D eigenvalue weighted by Gasteiger charge is 2.28. The first-order valence-corrected chi connectivity index (χ1v) is 8.63. The fraction of sp³-hybridized carbons (Fsp3) is 0.316. The van der Waals surface area contributed by atoms with Gasteiger partial charge in [0.05, 0.1) is 11.4 Å². The summed E-state index contributed by atoms with van der Waals surface area (Å²) < 4.78 is 0. The van der Waals surface area contributed by atoms with E-state index in [9.17, 15) is 4.79 Å². The lowest BCUT2D eigenvalue weighted by Crippen LogP contribution is -2.23. The Hall–Kier alpha value is -1.46. The molecular weight excluding hydrogens is 393 g/mol. The van der Waals surface area contributed by atoms with E-state index < -0.39 is 0 Å². The Balaban J connectivity index is 0.00000169. The molecule has 4 nitrogen and oxygen atoms in total. The average Bonchev–Trinajstić information content (AvgIpc) is 3.02. The van der Waals surface area contributed by atoms with Crippen LogP contribution in [0.3, 0.4) is 0 Å². The van der Waals surface area contributed by atoms with E-state index in [0.29, 0.717) is 17.3 Å². The molecule has 0 bridgehead atoms. The molecule has 0 saturated heterocycles. The number of anilines is 2. The number of carbonyl (C=O) groups excluding carboxylic acids is 1. The minimum absolute atomic E-state index is 0. The fourth-order valence-electron chi connectivity index (χ4n) is 3.06. The highest BCUT2D eigenvalue weighted by molar-refractivity contribution is 6.31. The molecule has 2 aromatic carbocycles. The minimum atomic E-state index is -0.0130. The highest BCUT2D eigenvalue weighted by Crippen LogP contribution is 2.30. The van der Waals surface area contributed by atoms with Crippen LogP contribution in [0.4, 0.5) is 11.4 Å². The minimum Gasteiger partial charge on any atom is -0.379 e. The molecule has 7 heteroatoms. The maximum absolute atomic E-state index is 12.5. The van der Waals surface area contributed by atoms with Crippen molar-refractivity contribution in [2.24, 2.45) is 11.7 Å². The summed E-state index contributed by atoms with van der Waals surface area (Å²) in [6.45, 7) is 0.680. The Labute approximate surface area is 171 Å². The number of halogens is 3. The van der Waals surface area contributed by atoms with E-state index >= 15 is 0 Å². The van der Waals surface area contributed by atoms with Crippen molar-refractivity contribution in [1.29, 1.82) is 0 Å². The van der Waals surface area contributed by atoms with Crippen molar-refractivity contribution in [1.82, 2.24) is 0 Å². The summed E-state index contributed by atoms with van der Waals surface area (Å²) in [4.78, 5) is 12.5. The summed E-state index contributed by atoms with van der Waals surface area (Å²) in [5.74, 6) is 0.00827. The standard InChI is InChI=1S/C19H22ClN3O.2ClH/c20-15-7-9-17(22-12-13-4-2-1-3-5-13)18(11-15)23-19(24)14-6-8-16(21)10-14;;/h1-5,7,9,11,14,16,22H,6,8,10,12,21H2,(H,23,24);2*1H. The summed E-state index contributed by atoms with van der Waals surface area (Å²) >= 11 is 6.10. The third-order valence-corrected chi connectivity index (χ3v) is 4.64. The maximum Gasteiger partial charge on any atom is 0.227 e. The van der Waals surface area contributed by atoms with Gasteiger partial charge in [-0.25, -0.2) is 0 Å². The maximum atomic E-state index is 12.5. The summed E-state index contributed by atoms with van der Waals surface area (Å²) in [5.41, 5.74) is 8.65. The van der Waals surface area contributed by atoms with Crippen LogP contribution in [0.5, 0.6) is 0 Å². The zero-order valence-corrected chi connectivity index (χ0v) is 16.7. The number of benzene rings is 2. The number of carbonyl (C=O) groups is 1. The molecule has 142 valence electrons. The number of nitrogens with one attached hydrogen (secondary N) is 2. The van der Waals surface area contributed by atoms with E-state index in [2.05, 4.69) is 22.8 Å². The van der Waals surface area contributed by atoms with Gasteiger partial charge in [0.1, 0.15) is 0 Å². The fourth-order valence-corrected chi connectivity index (χ4v) is 3.23. The van der Waals surface area contributed by atoms with Crippen LogP contribution in [0, 0.1) is 5.92 Å². The van der Waals surface area contributed by atoms with Crippen molar-refractivity contribution in [2.45, 2.75) is 31.8 Å². The van der Waals surface area contributed by atoms with Crippen molar-refractivity contribution in [3.63, 3.8) is 0 Å². The summed E-state index contributed by atoms with van der Waals surface area (Å²) in [6, 6.07) is 15.7. The van der Waals surface area contributed by atoms with Gasteiger partial charge in [-0.15, -0.1) is 24.8 Å².